The molecule has 1 rings (SSSR count). The van der Waals surface area contributed by atoms with Crippen LogP contribution in [0.15, 0.2) is 14.4 Å². The third-order valence-electron chi connectivity index (χ3n) is 2.98. The average Bonchev–Trinajstić information content (AvgIpc) is 2.57. The number of nitrogens with one attached hydrogen (secondary N) is 1. The highest BCUT2D eigenvalue weighted by Gasteiger charge is 2.13. The Morgan fingerprint density at radius 1 is 0.960 bits per heavy atom. The van der Waals surface area contributed by atoms with Crippen molar-refractivity contribution in [1.29, 1.82) is 0 Å². The number of carbonyl (C=O) groups is 2. The van der Waals surface area contributed by atoms with Crippen molar-refractivity contribution in [1.82, 2.24) is 14.1 Å². The number of esters is 2. The zero-order valence-electron chi connectivity index (χ0n) is 13.4. The first kappa shape index (κ1) is 20.4. The number of nitrogens with zero attached hydrogens (tertiary/aromatic N) is 2. The van der Waals surface area contributed by atoms with Crippen LogP contribution >= 0.6 is 0 Å². The number of aromatic amines is 1. The molecule has 0 saturated heterocycles. The number of hydrogen-bond donors (Lipinski definition) is 2. The Morgan fingerprint density at radius 3 is 1.88 bits per heavy atom. The smallest absolute Gasteiger partial charge is 0.336 e. The van der Waals surface area contributed by atoms with Gasteiger partial charge in [0.15, 0.2) is 0 Å². The van der Waals surface area contributed by atoms with E-state index in [1.165, 1.54) is 0 Å². The van der Waals surface area contributed by atoms with Crippen LogP contribution in [0.1, 0.15) is 19.3 Å². The van der Waals surface area contributed by atoms with Gasteiger partial charge in [-0.2, -0.15) is 0 Å². The van der Waals surface area contributed by atoms with E-state index < -0.39 is 29.0 Å². The van der Waals surface area contributed by atoms with Gasteiger partial charge in [0, 0.05) is 13.1 Å². The SMILES string of the molecule is [CH]CCOC(=O)CCn1c(=O)[nH]c(=O)n(CCC(=O)OCCO)c1=O. The van der Waals surface area contributed by atoms with Gasteiger partial charge in [-0.25, -0.2) is 23.5 Å². The first-order valence-electron chi connectivity index (χ1n) is 7.46. The summed E-state index contributed by atoms with van der Waals surface area (Å²) >= 11 is 0. The molecule has 0 amide bonds. The van der Waals surface area contributed by atoms with Gasteiger partial charge in [0.05, 0.1) is 26.1 Å². The Kier molecular flexibility index (Phi) is 8.33. The lowest BCUT2D eigenvalue weighted by Gasteiger charge is -2.09. The minimum Gasteiger partial charge on any atom is -0.466 e. The Labute approximate surface area is 141 Å². The topological polar surface area (TPSA) is 150 Å². The Morgan fingerprint density at radius 2 is 1.44 bits per heavy atom. The van der Waals surface area contributed by atoms with Crippen molar-refractivity contribution in [3.8, 4) is 0 Å². The summed E-state index contributed by atoms with van der Waals surface area (Å²) in [5, 5.41) is 8.54. The summed E-state index contributed by atoms with van der Waals surface area (Å²) in [4.78, 5) is 60.3. The molecule has 11 heteroatoms. The van der Waals surface area contributed by atoms with Gasteiger partial charge in [-0.15, -0.1) is 0 Å². The molecule has 2 N–H and O–H groups in total. The van der Waals surface area contributed by atoms with E-state index in [4.69, 9.17) is 16.8 Å². The predicted octanol–water partition coefficient (Wildman–Crippen LogP) is -2.34. The summed E-state index contributed by atoms with van der Waals surface area (Å²) in [6.45, 7) is 4.02. The van der Waals surface area contributed by atoms with Crippen molar-refractivity contribution in [3.05, 3.63) is 38.4 Å². The number of carbonyl (C=O) groups excluding carboxylic acids is 2. The molecule has 2 radical (unpaired) electrons. The summed E-state index contributed by atoms with van der Waals surface area (Å²) in [5.41, 5.74) is -2.91. The third-order valence-corrected chi connectivity index (χ3v) is 2.98. The third kappa shape index (κ3) is 6.37. The molecule has 138 valence electrons. The second-order valence-corrected chi connectivity index (χ2v) is 4.77. The highest BCUT2D eigenvalue weighted by Crippen LogP contribution is 1.91. The van der Waals surface area contributed by atoms with Gasteiger partial charge < -0.3 is 14.6 Å². The van der Waals surface area contributed by atoms with Crippen molar-refractivity contribution in [2.24, 2.45) is 0 Å². The highest BCUT2D eigenvalue weighted by molar-refractivity contribution is 5.69. The summed E-state index contributed by atoms with van der Waals surface area (Å²) in [6.07, 6.45) is -0.428. The second kappa shape index (κ2) is 10.2. The van der Waals surface area contributed by atoms with E-state index in [1.54, 1.807) is 0 Å². The van der Waals surface area contributed by atoms with Crippen LogP contribution in [-0.4, -0.2) is 51.0 Å². The molecule has 0 aliphatic carbocycles. The summed E-state index contributed by atoms with van der Waals surface area (Å²) in [6, 6.07) is 0. The molecular weight excluding hydrogens is 338 g/mol. The Balaban J connectivity index is 2.85. The number of H-pyrrole nitrogens is 1. The minimum absolute atomic E-state index is 0.0134. The normalized spacial score (nSPS) is 10.5. The maximum absolute atomic E-state index is 12.2. The van der Waals surface area contributed by atoms with Crippen molar-refractivity contribution in [3.63, 3.8) is 0 Å². The van der Waals surface area contributed by atoms with Crippen molar-refractivity contribution in [2.45, 2.75) is 32.4 Å². The average molecular weight is 357 g/mol. The number of ether oxygens (including phenoxy) is 2. The fraction of sp³-hybridized carbons (Fsp3) is 0.571. The molecular formula is C14H19N3O8. The summed E-state index contributed by atoms with van der Waals surface area (Å²) in [5.74, 6) is -1.37. The minimum atomic E-state index is -0.980. The van der Waals surface area contributed by atoms with Gasteiger partial charge in [0.25, 0.3) is 0 Å². The van der Waals surface area contributed by atoms with Gasteiger partial charge in [-0.05, 0) is 13.3 Å². The predicted molar refractivity (Wildman–Crippen MR) is 82.7 cm³/mol. The number of rotatable bonds is 10. The van der Waals surface area contributed by atoms with E-state index in [-0.39, 0.29) is 52.2 Å². The highest BCUT2D eigenvalue weighted by atomic mass is 16.5. The maximum atomic E-state index is 12.2. The van der Waals surface area contributed by atoms with Crippen LogP contribution < -0.4 is 17.1 Å². The van der Waals surface area contributed by atoms with Gasteiger partial charge in [-0.3, -0.25) is 14.6 Å². The first-order valence-corrected chi connectivity index (χ1v) is 7.46. The number of aliphatic hydroxyl groups is 1. The monoisotopic (exact) mass is 357 g/mol. The lowest BCUT2D eigenvalue weighted by Crippen LogP contribution is -2.49. The Hall–Kier alpha value is -2.69. The van der Waals surface area contributed by atoms with E-state index in [9.17, 15) is 24.0 Å². The molecule has 0 aliphatic heterocycles. The number of hydrogen-bond acceptors (Lipinski definition) is 8. The van der Waals surface area contributed by atoms with Crippen molar-refractivity contribution in [2.75, 3.05) is 19.8 Å². The van der Waals surface area contributed by atoms with E-state index in [0.29, 0.717) is 9.13 Å². The molecule has 0 bridgehead atoms. The lowest BCUT2D eigenvalue weighted by atomic mass is 10.4. The zero-order chi connectivity index (χ0) is 18.8. The van der Waals surface area contributed by atoms with E-state index in [0.717, 1.165) is 0 Å². The summed E-state index contributed by atoms with van der Waals surface area (Å²) < 4.78 is 10.6. The van der Waals surface area contributed by atoms with Crippen LogP contribution in [0.25, 0.3) is 0 Å². The van der Waals surface area contributed by atoms with Crippen molar-refractivity contribution >= 4 is 11.9 Å². The van der Waals surface area contributed by atoms with Crippen LogP contribution in [0, 0.1) is 6.92 Å². The fourth-order valence-electron chi connectivity index (χ4n) is 1.82. The first-order chi connectivity index (χ1) is 11.9. The second-order valence-electron chi connectivity index (χ2n) is 4.77. The molecule has 1 heterocycles. The molecule has 0 atom stereocenters. The number of aliphatic hydroxyl groups excluding tert-OH is 1. The number of aromatic nitrogens is 3. The standard InChI is InChI=1S/C14H19N3O8/c1-2-8-24-10(19)3-5-16-12(21)15-13(22)17(14(16)23)6-4-11(20)25-9-7-18/h1,18H,2-9H2,(H,15,21,22). The quantitative estimate of drug-likeness (QED) is 0.442. The van der Waals surface area contributed by atoms with Crippen LogP contribution in [0.4, 0.5) is 0 Å². The van der Waals surface area contributed by atoms with Gasteiger partial charge in [0.1, 0.15) is 6.61 Å². The molecule has 0 aliphatic rings. The Bertz CT molecular complexity index is 701. The molecule has 0 aromatic carbocycles. The van der Waals surface area contributed by atoms with E-state index in [1.807, 2.05) is 4.98 Å². The largest absolute Gasteiger partial charge is 0.466 e. The molecule has 1 aromatic heterocycles. The fourth-order valence-corrected chi connectivity index (χ4v) is 1.82. The molecule has 1 aromatic rings. The van der Waals surface area contributed by atoms with Crippen molar-refractivity contribution < 1.29 is 24.2 Å². The van der Waals surface area contributed by atoms with Gasteiger partial charge in [-0.1, -0.05) is 0 Å². The van der Waals surface area contributed by atoms with Crippen LogP contribution in [0.5, 0.6) is 0 Å². The lowest BCUT2D eigenvalue weighted by molar-refractivity contribution is -0.145. The van der Waals surface area contributed by atoms with Gasteiger partial charge in [0.2, 0.25) is 0 Å². The van der Waals surface area contributed by atoms with Crippen LogP contribution in [0.3, 0.4) is 0 Å². The molecule has 11 nitrogen and oxygen atoms in total. The molecule has 0 saturated carbocycles. The van der Waals surface area contributed by atoms with Crippen LogP contribution in [0.2, 0.25) is 0 Å². The van der Waals surface area contributed by atoms with E-state index >= 15 is 0 Å². The molecule has 0 fully saturated rings. The molecule has 0 unspecified atom stereocenters. The molecule has 0 spiro atoms. The molecule has 25 heavy (non-hydrogen) atoms. The summed E-state index contributed by atoms with van der Waals surface area (Å²) in [7, 11) is 0. The van der Waals surface area contributed by atoms with Gasteiger partial charge >= 0.3 is 29.0 Å². The van der Waals surface area contributed by atoms with Crippen LogP contribution in [-0.2, 0) is 32.2 Å². The van der Waals surface area contributed by atoms with E-state index in [2.05, 4.69) is 4.74 Å². The maximum Gasteiger partial charge on any atom is 0.336 e. The zero-order valence-corrected chi connectivity index (χ0v) is 13.4.